The number of nitrogens with two attached hydrogens (primary N) is 1. The van der Waals surface area contributed by atoms with Crippen LogP contribution in [-0.2, 0) is 50.7 Å². The Morgan fingerprint density at radius 1 is 1.12 bits per heavy atom. The lowest BCUT2D eigenvalue weighted by atomic mass is 9.87. The van der Waals surface area contributed by atoms with Gasteiger partial charge in [0.25, 0.3) is 23.5 Å². The van der Waals surface area contributed by atoms with Gasteiger partial charge in [0.05, 0.1) is 19.5 Å². The van der Waals surface area contributed by atoms with Crippen LogP contribution in [0.15, 0.2) is 12.7 Å². The van der Waals surface area contributed by atoms with Crippen molar-refractivity contribution < 1.29 is 80.5 Å². The fourth-order valence-electron chi connectivity index (χ4n) is 4.31. The van der Waals surface area contributed by atoms with Crippen LogP contribution in [0.25, 0.3) is 11.2 Å². The minimum Gasteiger partial charge on any atom is -0.756 e. The number of hydrogen-bond acceptors (Lipinski definition) is 21. The molecule has 0 bridgehead atoms. The molecule has 0 radical (unpaired) electrons. The van der Waals surface area contributed by atoms with E-state index < -0.39 is 84.6 Å². The molecule has 8 atom stereocenters. The third kappa shape index (κ3) is 12.9. The van der Waals surface area contributed by atoms with Crippen LogP contribution < -0.4 is 31.0 Å². The first-order chi connectivity index (χ1) is 23.5. The normalized spacial score (nSPS) is 23.5. The zero-order valence-corrected chi connectivity index (χ0v) is 30.5. The first kappa shape index (κ1) is 43.0. The van der Waals surface area contributed by atoms with Gasteiger partial charge in [-0.3, -0.25) is 32.6 Å². The number of rotatable bonds is 19. The van der Waals surface area contributed by atoms with E-state index in [1.165, 1.54) is 20.8 Å². The largest absolute Gasteiger partial charge is 0.756 e. The Kier molecular flexibility index (Phi) is 14.8. The lowest BCUT2D eigenvalue weighted by molar-refractivity contribution is -0.247. The van der Waals surface area contributed by atoms with Crippen molar-refractivity contribution in [2.24, 2.45) is 5.41 Å². The summed E-state index contributed by atoms with van der Waals surface area (Å²) >= 11 is 1.02. The van der Waals surface area contributed by atoms with Gasteiger partial charge in [0.2, 0.25) is 11.8 Å². The van der Waals surface area contributed by atoms with Crippen LogP contribution in [0.2, 0.25) is 0 Å². The molecule has 7 N–H and O–H groups in total. The number of carbonyl (C=O) groups is 3. The topological polar surface area (TPSA) is 372 Å². The maximum absolute atomic E-state index is 12.4. The van der Waals surface area contributed by atoms with Crippen molar-refractivity contribution in [3.63, 3.8) is 0 Å². The van der Waals surface area contributed by atoms with Crippen molar-refractivity contribution in [1.82, 2.24) is 30.2 Å². The van der Waals surface area contributed by atoms with Crippen molar-refractivity contribution in [2.45, 2.75) is 57.8 Å². The predicted octanol–water partition coefficient (Wildman–Crippen LogP) is -3.21. The van der Waals surface area contributed by atoms with E-state index in [-0.39, 0.29) is 41.6 Å². The lowest BCUT2D eigenvalue weighted by Crippen LogP contribution is -2.46. The van der Waals surface area contributed by atoms with Gasteiger partial charge in [0.1, 0.15) is 36.3 Å². The van der Waals surface area contributed by atoms with Gasteiger partial charge in [-0.15, -0.1) is 0 Å². The number of nitrogens with one attached hydrogen (secondary N) is 2. The third-order valence-electron chi connectivity index (χ3n) is 6.79. The number of anilines is 1. The smallest absolute Gasteiger partial charge is 0.274 e. The van der Waals surface area contributed by atoms with E-state index in [1.807, 2.05) is 0 Å². The molecular formula is C23H35N7O17P3S-3. The maximum Gasteiger partial charge on any atom is 0.274 e. The molecule has 0 spiro atoms. The number of fused-ring (bicyclic) bond motifs is 1. The number of ether oxygens (including phenoxy) is 1. The van der Waals surface area contributed by atoms with Crippen molar-refractivity contribution >= 4 is 69.1 Å². The van der Waals surface area contributed by atoms with Gasteiger partial charge in [-0.2, -0.15) is 0 Å². The van der Waals surface area contributed by atoms with Crippen LogP contribution >= 0.6 is 35.2 Å². The van der Waals surface area contributed by atoms with Gasteiger partial charge >= 0.3 is 0 Å². The van der Waals surface area contributed by atoms with Gasteiger partial charge in [0.15, 0.2) is 22.8 Å². The van der Waals surface area contributed by atoms with Crippen LogP contribution in [0.3, 0.4) is 0 Å². The molecular weight excluding hydrogens is 771 g/mol. The second-order valence-electron chi connectivity index (χ2n) is 11.3. The molecule has 0 aliphatic carbocycles. The summed E-state index contributed by atoms with van der Waals surface area (Å²) in [5.41, 5.74) is 4.11. The Labute approximate surface area is 293 Å². The second-order valence-corrected chi connectivity index (χ2v) is 16.7. The van der Waals surface area contributed by atoms with Crippen LogP contribution in [0.5, 0.6) is 0 Å². The van der Waals surface area contributed by atoms with E-state index in [0.29, 0.717) is 5.75 Å². The molecule has 51 heavy (non-hydrogen) atoms. The fourth-order valence-corrected chi connectivity index (χ4v) is 7.54. The van der Waals surface area contributed by atoms with Crippen LogP contribution in [0, 0.1) is 5.41 Å². The summed E-state index contributed by atoms with van der Waals surface area (Å²) in [4.78, 5) is 92.4. The average molecular weight is 807 g/mol. The molecule has 1 aliphatic heterocycles. The third-order valence-corrected chi connectivity index (χ3v) is 10.6. The number of nitrogens with zero attached hydrogens (tertiary/aromatic N) is 4. The minimum atomic E-state index is -5.89. The molecule has 2 aromatic rings. The van der Waals surface area contributed by atoms with Gasteiger partial charge in [0, 0.05) is 37.6 Å². The molecule has 3 rings (SSSR count). The summed E-state index contributed by atoms with van der Waals surface area (Å²) in [6.45, 7) is 1.54. The number of carbonyl (C=O) groups excluding carboxylic acids is 3. The molecule has 288 valence electrons. The molecule has 1 fully saturated rings. The quantitative estimate of drug-likeness (QED) is 0.0601. The van der Waals surface area contributed by atoms with Crippen molar-refractivity contribution in [1.29, 1.82) is 0 Å². The standard InChI is InChI=1S/C23H38N7O17P3S/c1-12(31)51-7-6-25-14(32)4-5-26-21(35)18(34)23(2,3)9-44-50(41,42)47-49(39,40)43-8-13-17(46-48(36,37)38)16(33)22(45-13)30-11-29-15-19(24)27-10-28-20(15)30/h10-11,13,16-18,22,33-34H,4-9H2,1-3H3,(H,25,32)(H,26,35)(H,39,40)(H,41,42)(H2,24,27,28)(H2,36,37,38)/p-3/t13-,16-,17-,18+,22-/m1/s1. The van der Waals surface area contributed by atoms with E-state index in [9.17, 15) is 57.9 Å². The highest BCUT2D eigenvalue weighted by molar-refractivity contribution is 8.13. The van der Waals surface area contributed by atoms with Crippen molar-refractivity contribution in [2.75, 3.05) is 37.8 Å². The summed E-state index contributed by atoms with van der Waals surface area (Å²) < 4.78 is 60.5. The summed E-state index contributed by atoms with van der Waals surface area (Å²) in [5, 5.41) is 25.9. The Balaban J connectivity index is 1.55. The summed E-state index contributed by atoms with van der Waals surface area (Å²) in [7, 11) is -17.3. The maximum atomic E-state index is 12.4. The fraction of sp³-hybridized carbons (Fsp3) is 0.652. The number of aliphatic hydroxyl groups excluding tert-OH is 2. The van der Waals surface area contributed by atoms with Crippen molar-refractivity contribution in [3.05, 3.63) is 12.7 Å². The number of nitrogen functional groups attached to an aromatic ring is 1. The highest BCUT2D eigenvalue weighted by atomic mass is 32.2. The molecule has 1 saturated heterocycles. The van der Waals surface area contributed by atoms with Crippen LogP contribution in [0.1, 0.15) is 33.4 Å². The Morgan fingerprint density at radius 3 is 2.43 bits per heavy atom. The van der Waals surface area contributed by atoms with Crippen molar-refractivity contribution in [3.8, 4) is 0 Å². The molecule has 0 aromatic carbocycles. The van der Waals surface area contributed by atoms with E-state index in [2.05, 4.69) is 43.5 Å². The highest BCUT2D eigenvalue weighted by Gasteiger charge is 2.48. The molecule has 0 saturated carbocycles. The first-order valence-electron chi connectivity index (χ1n) is 14.5. The zero-order valence-electron chi connectivity index (χ0n) is 27.0. The van der Waals surface area contributed by atoms with E-state index in [0.717, 1.165) is 29.0 Å². The number of aliphatic hydroxyl groups is 2. The molecule has 24 nitrogen and oxygen atoms in total. The van der Waals surface area contributed by atoms with Gasteiger partial charge < -0.3 is 64.5 Å². The van der Waals surface area contributed by atoms with Gasteiger partial charge in [-0.05, 0) is 0 Å². The SMILES string of the molecule is CC(=O)SCCNC(=O)CCNC(=O)[C@H](O)C(C)(C)COP(=O)([O-])OP(=O)([O-])OC[C@H]1O[C@@H](n2cnc3c(N)ncnc32)[C@H](O)[C@@H]1OP(=O)([O-])O. The summed E-state index contributed by atoms with van der Waals surface area (Å²) in [5.74, 6) is -1.17. The molecule has 1 aliphatic rings. The average Bonchev–Trinajstić information content (AvgIpc) is 3.57. The summed E-state index contributed by atoms with van der Waals surface area (Å²) in [6.07, 6.45) is -7.35. The Morgan fingerprint density at radius 2 is 1.78 bits per heavy atom. The lowest BCUT2D eigenvalue weighted by Gasteiger charge is -2.35. The van der Waals surface area contributed by atoms with Gasteiger partial charge in [-0.1, -0.05) is 25.6 Å². The second kappa shape index (κ2) is 17.6. The number of aromatic nitrogens is 4. The summed E-state index contributed by atoms with van der Waals surface area (Å²) in [6, 6.07) is 0. The molecule has 3 heterocycles. The van der Waals surface area contributed by atoms with Crippen LogP contribution in [0.4, 0.5) is 5.82 Å². The number of thioether (sulfide) groups is 1. The first-order valence-corrected chi connectivity index (χ1v) is 19.9. The number of imidazole rings is 1. The number of hydrogen-bond donors (Lipinski definition) is 6. The van der Waals surface area contributed by atoms with E-state index in [1.54, 1.807) is 0 Å². The van der Waals surface area contributed by atoms with E-state index >= 15 is 0 Å². The number of phosphoric acid groups is 3. The number of phosphoric ester groups is 3. The predicted molar refractivity (Wildman–Crippen MR) is 166 cm³/mol. The zero-order chi connectivity index (χ0) is 38.4. The highest BCUT2D eigenvalue weighted by Crippen LogP contribution is 2.56. The minimum absolute atomic E-state index is 0.00525. The Hall–Kier alpha value is -2.44. The van der Waals surface area contributed by atoms with Crippen LogP contribution in [-0.4, -0.2) is 108 Å². The molecule has 2 amide bonds. The monoisotopic (exact) mass is 806 g/mol. The van der Waals surface area contributed by atoms with E-state index in [4.69, 9.17) is 10.5 Å². The molecule has 3 unspecified atom stereocenters. The van der Waals surface area contributed by atoms with Gasteiger partial charge in [-0.25, -0.2) is 19.3 Å². The molecule has 28 heteroatoms. The number of amides is 2. The Bertz CT molecular complexity index is 1710. The molecule has 2 aromatic heterocycles.